The van der Waals surface area contributed by atoms with E-state index in [1.54, 1.807) is 0 Å². The Morgan fingerprint density at radius 3 is 2.33 bits per heavy atom. The van der Waals surface area contributed by atoms with E-state index in [2.05, 4.69) is 11.8 Å². The van der Waals surface area contributed by atoms with Gasteiger partial charge in [0, 0.05) is 18.6 Å². The van der Waals surface area contributed by atoms with E-state index in [1.807, 2.05) is 0 Å². The topological polar surface area (TPSA) is 29.3 Å². The van der Waals surface area contributed by atoms with Crippen LogP contribution in [0.5, 0.6) is 0 Å². The number of hydrogen-bond acceptors (Lipinski definition) is 2. The van der Waals surface area contributed by atoms with Gasteiger partial charge in [0.05, 0.1) is 0 Å². The van der Waals surface area contributed by atoms with E-state index in [9.17, 15) is 0 Å². The highest BCUT2D eigenvalue weighted by molar-refractivity contribution is 5.00. The van der Waals surface area contributed by atoms with Crippen LogP contribution in [0.4, 0.5) is 0 Å². The van der Waals surface area contributed by atoms with Crippen molar-refractivity contribution in [3.63, 3.8) is 0 Å². The lowest BCUT2D eigenvalue weighted by atomic mass is 9.83. The maximum Gasteiger partial charge on any atom is 0.0111 e. The van der Waals surface area contributed by atoms with Crippen LogP contribution >= 0.6 is 0 Å². The molecule has 0 heterocycles. The largest absolute Gasteiger partial charge is 0.327 e. The average Bonchev–Trinajstić information content (AvgIpc) is 2.99. The molecule has 0 saturated heterocycles. The van der Waals surface area contributed by atoms with Gasteiger partial charge < -0.3 is 10.6 Å². The van der Waals surface area contributed by atoms with Crippen LogP contribution in [-0.4, -0.2) is 30.1 Å². The van der Waals surface area contributed by atoms with Crippen molar-refractivity contribution in [3.8, 4) is 0 Å². The molecule has 0 amide bonds. The molecule has 2 N–H and O–H groups in total. The monoisotopic (exact) mass is 250 g/mol. The van der Waals surface area contributed by atoms with Gasteiger partial charge in [-0.1, -0.05) is 26.2 Å². The summed E-state index contributed by atoms with van der Waals surface area (Å²) in [6, 6.07) is 1.39. The smallest absolute Gasteiger partial charge is 0.0111 e. The molecule has 3 aliphatic carbocycles. The van der Waals surface area contributed by atoms with Crippen LogP contribution in [-0.2, 0) is 0 Å². The van der Waals surface area contributed by atoms with Crippen molar-refractivity contribution in [2.24, 2.45) is 23.5 Å². The first-order valence-corrected chi connectivity index (χ1v) is 8.29. The minimum atomic E-state index is 0.515. The molecular weight excluding hydrogens is 220 g/mol. The number of fused-ring (bicyclic) bond motifs is 2. The summed E-state index contributed by atoms with van der Waals surface area (Å²) in [4.78, 5) is 2.77. The lowest BCUT2D eigenvalue weighted by Crippen LogP contribution is -2.46. The Kier molecular flexibility index (Phi) is 3.95. The second kappa shape index (κ2) is 5.50. The first-order chi connectivity index (χ1) is 8.79. The fourth-order valence-corrected chi connectivity index (χ4v) is 4.98. The number of rotatable bonds is 4. The molecule has 18 heavy (non-hydrogen) atoms. The van der Waals surface area contributed by atoms with Crippen molar-refractivity contribution in [1.29, 1.82) is 0 Å². The van der Waals surface area contributed by atoms with Crippen molar-refractivity contribution in [2.75, 3.05) is 13.1 Å². The zero-order chi connectivity index (χ0) is 12.5. The molecule has 4 unspecified atom stereocenters. The standard InChI is InChI=1S/C16H30N2/c1-2-18(14-6-4-3-5-7-14)11-15-12-8-9-13(10-12)16(15)17/h12-16H,2-11,17H2,1H3. The number of hydrogen-bond donors (Lipinski definition) is 1. The average molecular weight is 250 g/mol. The lowest BCUT2D eigenvalue weighted by Gasteiger charge is -2.38. The molecule has 4 atom stereocenters. The Morgan fingerprint density at radius 1 is 1.00 bits per heavy atom. The molecule has 0 aliphatic heterocycles. The Hall–Kier alpha value is -0.0800. The Balaban J connectivity index is 1.59. The van der Waals surface area contributed by atoms with Gasteiger partial charge in [-0.2, -0.15) is 0 Å². The van der Waals surface area contributed by atoms with Crippen LogP contribution in [0.1, 0.15) is 58.3 Å². The van der Waals surface area contributed by atoms with Gasteiger partial charge >= 0.3 is 0 Å². The van der Waals surface area contributed by atoms with E-state index < -0.39 is 0 Å². The van der Waals surface area contributed by atoms with Gasteiger partial charge in [0.2, 0.25) is 0 Å². The summed E-state index contributed by atoms with van der Waals surface area (Å²) in [6.07, 6.45) is 11.5. The van der Waals surface area contributed by atoms with Crippen LogP contribution in [0.25, 0.3) is 0 Å². The van der Waals surface area contributed by atoms with Gasteiger partial charge in [-0.25, -0.2) is 0 Å². The van der Waals surface area contributed by atoms with Gasteiger partial charge in [-0.05, 0) is 56.4 Å². The third-order valence-corrected chi connectivity index (χ3v) is 6.10. The highest BCUT2D eigenvalue weighted by atomic mass is 15.2. The van der Waals surface area contributed by atoms with E-state index in [1.165, 1.54) is 64.5 Å². The quantitative estimate of drug-likeness (QED) is 0.831. The fourth-order valence-electron chi connectivity index (χ4n) is 4.98. The van der Waals surface area contributed by atoms with Crippen LogP contribution in [0.2, 0.25) is 0 Å². The van der Waals surface area contributed by atoms with E-state index in [0.717, 1.165) is 23.8 Å². The first kappa shape index (κ1) is 12.9. The van der Waals surface area contributed by atoms with Crippen LogP contribution in [0.15, 0.2) is 0 Å². The molecule has 2 heteroatoms. The van der Waals surface area contributed by atoms with Crippen LogP contribution in [0.3, 0.4) is 0 Å². The maximum atomic E-state index is 6.47. The van der Waals surface area contributed by atoms with Crippen molar-refractivity contribution in [2.45, 2.75) is 70.4 Å². The van der Waals surface area contributed by atoms with Crippen molar-refractivity contribution >= 4 is 0 Å². The Labute approximate surface area is 112 Å². The summed E-state index contributed by atoms with van der Waals surface area (Å²) in [5.41, 5.74) is 6.47. The third-order valence-electron chi connectivity index (χ3n) is 6.10. The maximum absolute atomic E-state index is 6.47. The minimum absolute atomic E-state index is 0.515. The Morgan fingerprint density at radius 2 is 1.72 bits per heavy atom. The minimum Gasteiger partial charge on any atom is -0.327 e. The summed E-state index contributed by atoms with van der Waals surface area (Å²) in [5.74, 6) is 2.64. The summed E-state index contributed by atoms with van der Waals surface area (Å²) in [6.45, 7) is 4.86. The highest BCUT2D eigenvalue weighted by Crippen LogP contribution is 2.48. The predicted octanol–water partition coefficient (Wildman–Crippen LogP) is 3.01. The summed E-state index contributed by atoms with van der Waals surface area (Å²) in [7, 11) is 0. The van der Waals surface area contributed by atoms with Gasteiger partial charge in [0.1, 0.15) is 0 Å². The molecule has 3 aliphatic rings. The molecule has 2 bridgehead atoms. The van der Waals surface area contributed by atoms with Gasteiger partial charge in [-0.15, -0.1) is 0 Å². The molecule has 3 rings (SSSR count). The molecule has 0 aromatic rings. The first-order valence-electron chi connectivity index (χ1n) is 8.29. The zero-order valence-corrected chi connectivity index (χ0v) is 12.0. The van der Waals surface area contributed by atoms with Crippen molar-refractivity contribution in [3.05, 3.63) is 0 Å². The highest BCUT2D eigenvalue weighted by Gasteiger charge is 2.46. The number of nitrogens with zero attached hydrogens (tertiary/aromatic N) is 1. The molecule has 0 aromatic heterocycles. The van der Waals surface area contributed by atoms with Gasteiger partial charge in [0.15, 0.2) is 0 Å². The second-order valence-electron chi connectivity index (χ2n) is 6.95. The molecule has 0 spiro atoms. The normalized spacial score (nSPS) is 40.8. The van der Waals surface area contributed by atoms with Crippen molar-refractivity contribution < 1.29 is 0 Å². The van der Waals surface area contributed by atoms with Gasteiger partial charge in [-0.3, -0.25) is 0 Å². The van der Waals surface area contributed by atoms with E-state index in [4.69, 9.17) is 5.73 Å². The van der Waals surface area contributed by atoms with E-state index in [0.29, 0.717) is 6.04 Å². The van der Waals surface area contributed by atoms with E-state index >= 15 is 0 Å². The van der Waals surface area contributed by atoms with Crippen LogP contribution in [0, 0.1) is 17.8 Å². The molecule has 0 radical (unpaired) electrons. The third kappa shape index (κ3) is 2.34. The Bertz CT molecular complexity index is 270. The molecular formula is C16H30N2. The molecule has 104 valence electrons. The SMILES string of the molecule is CCN(CC1C2CCC(C2)C1N)C1CCCCC1. The predicted molar refractivity (Wildman–Crippen MR) is 76.4 cm³/mol. The molecule has 0 aromatic carbocycles. The molecule has 3 saturated carbocycles. The van der Waals surface area contributed by atoms with Gasteiger partial charge in [0.25, 0.3) is 0 Å². The van der Waals surface area contributed by atoms with E-state index in [-0.39, 0.29) is 0 Å². The lowest BCUT2D eigenvalue weighted by molar-refractivity contribution is 0.113. The zero-order valence-electron chi connectivity index (χ0n) is 12.0. The van der Waals surface area contributed by atoms with Crippen molar-refractivity contribution in [1.82, 2.24) is 4.90 Å². The number of nitrogens with two attached hydrogens (primary N) is 1. The summed E-state index contributed by atoms with van der Waals surface area (Å²) < 4.78 is 0. The summed E-state index contributed by atoms with van der Waals surface area (Å²) in [5, 5.41) is 0. The molecule has 3 fully saturated rings. The fraction of sp³-hybridized carbons (Fsp3) is 1.00. The summed E-state index contributed by atoms with van der Waals surface area (Å²) >= 11 is 0. The van der Waals surface area contributed by atoms with Crippen LogP contribution < -0.4 is 5.73 Å². The second-order valence-corrected chi connectivity index (χ2v) is 6.95. The molecule has 2 nitrogen and oxygen atoms in total.